The second kappa shape index (κ2) is 11.9. The van der Waals surface area contributed by atoms with Crippen LogP contribution in [0.4, 0.5) is 0 Å². The van der Waals surface area contributed by atoms with E-state index >= 15 is 0 Å². The Morgan fingerprint density at radius 3 is 2.14 bits per heavy atom. The van der Waals surface area contributed by atoms with Gasteiger partial charge in [-0.2, -0.15) is 0 Å². The Balaban J connectivity index is 0.000000397. The van der Waals surface area contributed by atoms with Crippen molar-refractivity contribution >= 4 is 23.5 Å². The molecule has 0 bridgehead atoms. The summed E-state index contributed by atoms with van der Waals surface area (Å²) in [6.07, 6.45) is -0.967. The van der Waals surface area contributed by atoms with Gasteiger partial charge < -0.3 is 41.7 Å². The molecule has 28 heavy (non-hydrogen) atoms. The van der Waals surface area contributed by atoms with E-state index in [1.165, 1.54) is 6.20 Å². The van der Waals surface area contributed by atoms with Crippen LogP contribution < -0.4 is 11.5 Å². The molecule has 1 aromatic heterocycles. The summed E-state index contributed by atoms with van der Waals surface area (Å²) in [5.74, 6) is -1.35. The van der Waals surface area contributed by atoms with E-state index in [9.17, 15) is 9.59 Å². The van der Waals surface area contributed by atoms with Crippen LogP contribution >= 0.6 is 11.6 Å². The monoisotopic (exact) mass is 423 g/mol. The first-order valence-corrected chi connectivity index (χ1v) is 8.47. The Morgan fingerprint density at radius 2 is 1.96 bits per heavy atom. The number of aliphatic hydroxyl groups is 4. The summed E-state index contributed by atoms with van der Waals surface area (Å²) in [7, 11) is 0. The number of rotatable bonds is 4. The molecule has 11 nitrogen and oxygen atoms in total. The fourth-order valence-corrected chi connectivity index (χ4v) is 1.95. The van der Waals surface area contributed by atoms with Crippen LogP contribution in [0.25, 0.3) is 0 Å². The maximum Gasteiger partial charge on any atom is 0.320 e. The molecule has 0 saturated carbocycles. The third-order valence-corrected chi connectivity index (χ3v) is 3.83. The highest BCUT2D eigenvalue weighted by Crippen LogP contribution is 2.31. The van der Waals surface area contributed by atoms with Crippen LogP contribution in [-0.4, -0.2) is 78.6 Å². The number of aliphatic carboxylic acids is 1. The maximum absolute atomic E-state index is 10.4. The van der Waals surface area contributed by atoms with Crippen LogP contribution in [0.3, 0.4) is 0 Å². The number of ether oxygens (including phenoxy) is 1. The number of aliphatic hydroxyl groups excluding tert-OH is 3. The van der Waals surface area contributed by atoms with Crippen molar-refractivity contribution in [1.82, 2.24) is 4.98 Å². The molecule has 9 N–H and O–H groups in total. The highest BCUT2D eigenvalue weighted by molar-refractivity contribution is 6.22. The van der Waals surface area contributed by atoms with Gasteiger partial charge in [-0.1, -0.05) is 25.4 Å². The van der Waals surface area contributed by atoms with Crippen molar-refractivity contribution in [3.05, 3.63) is 30.1 Å². The van der Waals surface area contributed by atoms with Crippen LogP contribution in [0.5, 0.6) is 0 Å². The number of carbonyl (C=O) groups excluding carboxylic acids is 1. The van der Waals surface area contributed by atoms with Crippen LogP contribution in [0.15, 0.2) is 24.5 Å². The maximum atomic E-state index is 10.4. The number of carbonyl (C=O) groups is 2. The second-order valence-electron chi connectivity index (χ2n) is 6.10. The SMILES string of the molecule is CC(C)[C@H](N)C(=O)O.NC(=O)c1cccnc1.OC[C@H]1OC(O)(Cl)[C@H](O)[C@@H]1O. The van der Waals surface area contributed by atoms with E-state index in [-0.39, 0.29) is 5.92 Å². The molecule has 1 aliphatic heterocycles. The van der Waals surface area contributed by atoms with E-state index in [2.05, 4.69) is 9.72 Å². The number of alkyl halides is 1. The first-order chi connectivity index (χ1) is 12.8. The zero-order valence-corrected chi connectivity index (χ0v) is 16.1. The minimum Gasteiger partial charge on any atom is -0.480 e. The number of amides is 1. The number of hydrogen-bond acceptors (Lipinski definition) is 9. The highest BCUT2D eigenvalue weighted by atomic mass is 35.5. The minimum absolute atomic E-state index is 0.0208. The first kappa shape index (κ1) is 26.1. The van der Waals surface area contributed by atoms with Gasteiger partial charge in [-0.05, 0) is 18.1 Å². The third kappa shape index (κ3) is 8.44. The predicted molar refractivity (Wildman–Crippen MR) is 98.0 cm³/mol. The van der Waals surface area contributed by atoms with Gasteiger partial charge in [0.05, 0.1) is 12.2 Å². The largest absolute Gasteiger partial charge is 0.480 e. The van der Waals surface area contributed by atoms with Gasteiger partial charge in [-0.3, -0.25) is 14.6 Å². The Labute approximate surface area is 166 Å². The molecule has 0 aliphatic carbocycles. The summed E-state index contributed by atoms with van der Waals surface area (Å²) in [5, 5.41) is 41.4. The Hall–Kier alpha value is -1.86. The average Bonchev–Trinajstić information content (AvgIpc) is 2.85. The van der Waals surface area contributed by atoms with E-state index < -0.39 is 48.1 Å². The molecule has 0 spiro atoms. The van der Waals surface area contributed by atoms with Gasteiger partial charge in [0.1, 0.15) is 18.2 Å². The van der Waals surface area contributed by atoms with E-state index in [4.69, 9.17) is 48.6 Å². The smallest absolute Gasteiger partial charge is 0.320 e. The molecule has 160 valence electrons. The number of pyridine rings is 1. The lowest BCUT2D eigenvalue weighted by Gasteiger charge is -2.16. The van der Waals surface area contributed by atoms with E-state index in [1.54, 1.807) is 32.2 Å². The fraction of sp³-hybridized carbons (Fsp3) is 0.562. The molecular weight excluding hydrogens is 398 g/mol. The molecule has 5 atom stereocenters. The van der Waals surface area contributed by atoms with E-state index in [0.717, 1.165) is 0 Å². The summed E-state index contributed by atoms with van der Waals surface area (Å²) in [6.45, 7) is 3.05. The fourth-order valence-electron chi connectivity index (χ4n) is 1.70. The summed E-state index contributed by atoms with van der Waals surface area (Å²) in [4.78, 5) is 24.1. The predicted octanol–water partition coefficient (Wildman–Crippen LogP) is -1.78. The summed E-state index contributed by atoms with van der Waals surface area (Å²) >= 11 is 5.20. The molecule has 1 aromatic rings. The van der Waals surface area contributed by atoms with Crippen molar-refractivity contribution < 1.29 is 39.9 Å². The van der Waals surface area contributed by atoms with Crippen LogP contribution in [0, 0.1) is 5.92 Å². The lowest BCUT2D eigenvalue weighted by molar-refractivity contribution is -0.169. The van der Waals surface area contributed by atoms with Crippen molar-refractivity contribution in [3.63, 3.8) is 0 Å². The number of carboxylic acid groups (broad SMARTS) is 1. The van der Waals surface area contributed by atoms with Crippen molar-refractivity contribution in [3.8, 4) is 0 Å². The number of nitrogens with two attached hydrogens (primary N) is 2. The molecule has 2 heterocycles. The van der Waals surface area contributed by atoms with Gasteiger partial charge in [0.15, 0.2) is 6.10 Å². The van der Waals surface area contributed by atoms with Gasteiger partial charge in [-0.25, -0.2) is 0 Å². The summed E-state index contributed by atoms with van der Waals surface area (Å²) < 4.78 is 4.49. The lowest BCUT2D eigenvalue weighted by atomic mass is 10.1. The van der Waals surface area contributed by atoms with E-state index in [1.807, 2.05) is 0 Å². The summed E-state index contributed by atoms with van der Waals surface area (Å²) in [6, 6.07) is 2.57. The van der Waals surface area contributed by atoms with Crippen molar-refractivity contribution in [2.75, 3.05) is 6.61 Å². The molecule has 1 saturated heterocycles. The molecule has 1 fully saturated rings. The molecule has 2 rings (SSSR count). The molecule has 1 aliphatic rings. The van der Waals surface area contributed by atoms with Gasteiger partial charge >= 0.3 is 5.97 Å². The first-order valence-electron chi connectivity index (χ1n) is 8.09. The molecule has 1 amide bonds. The molecule has 1 unspecified atom stereocenters. The number of nitrogens with zero attached hydrogens (tertiary/aromatic N) is 1. The molecule has 0 radical (unpaired) electrons. The molecular formula is C16H26ClN3O8. The zero-order valence-electron chi connectivity index (χ0n) is 15.3. The third-order valence-electron chi connectivity index (χ3n) is 3.52. The summed E-state index contributed by atoms with van der Waals surface area (Å²) in [5.41, 5.74) is 10.5. The van der Waals surface area contributed by atoms with E-state index in [0.29, 0.717) is 5.56 Å². The van der Waals surface area contributed by atoms with Gasteiger partial charge in [0.25, 0.3) is 5.25 Å². The second-order valence-corrected chi connectivity index (χ2v) is 6.64. The average molecular weight is 424 g/mol. The molecule has 0 aromatic carbocycles. The standard InChI is InChI=1S/C6H6N2O.C5H9ClO5.C5H11NO2/c7-6(9)5-2-1-3-8-4-5;6-5(10)4(9)3(8)2(1-7)11-5;1-3(2)4(6)5(7)8/h1-4H,(H2,7,9);2-4,7-10H,1H2;3-4H,6H2,1-2H3,(H,7,8)/t;2-,3-,4-,5?;4-/m.10/s1. The number of primary amides is 1. The lowest BCUT2D eigenvalue weighted by Crippen LogP contribution is -2.38. The van der Waals surface area contributed by atoms with Crippen LogP contribution in [0.2, 0.25) is 0 Å². The van der Waals surface area contributed by atoms with Crippen LogP contribution in [0.1, 0.15) is 24.2 Å². The quantitative estimate of drug-likeness (QED) is 0.270. The zero-order chi connectivity index (χ0) is 22.1. The number of hydrogen-bond donors (Lipinski definition) is 7. The van der Waals surface area contributed by atoms with Gasteiger partial charge in [-0.15, -0.1) is 0 Å². The Morgan fingerprint density at radius 1 is 1.39 bits per heavy atom. The minimum atomic E-state index is -2.28. The topological polar surface area (TPSA) is 209 Å². The number of aromatic nitrogens is 1. The van der Waals surface area contributed by atoms with Gasteiger partial charge in [0.2, 0.25) is 5.91 Å². The highest BCUT2D eigenvalue weighted by Gasteiger charge is 2.52. The Kier molecular flexibility index (Phi) is 11.1. The van der Waals surface area contributed by atoms with Crippen molar-refractivity contribution in [1.29, 1.82) is 0 Å². The Bertz CT molecular complexity index is 617. The molecule has 12 heteroatoms. The van der Waals surface area contributed by atoms with Gasteiger partial charge in [0, 0.05) is 12.4 Å². The van der Waals surface area contributed by atoms with Crippen LogP contribution in [-0.2, 0) is 9.53 Å². The van der Waals surface area contributed by atoms with Crippen molar-refractivity contribution in [2.24, 2.45) is 17.4 Å². The normalized spacial score (nSPS) is 27.1. The number of halogens is 1. The number of carboxylic acids is 1. The van der Waals surface area contributed by atoms with Crippen molar-refractivity contribution in [2.45, 2.75) is 43.4 Å².